The van der Waals surface area contributed by atoms with Crippen LogP contribution >= 0.6 is 11.6 Å². The molecule has 23 heavy (non-hydrogen) atoms. The Morgan fingerprint density at radius 3 is 2.91 bits per heavy atom. The normalized spacial score (nSPS) is 11.1. The van der Waals surface area contributed by atoms with Gasteiger partial charge in [0, 0.05) is 29.7 Å². The minimum atomic E-state index is 0.0417. The van der Waals surface area contributed by atoms with Crippen molar-refractivity contribution < 1.29 is 4.74 Å². The maximum Gasteiger partial charge on any atom is 0.227 e. The Balaban J connectivity index is 1.65. The number of H-pyrrole nitrogens is 1. The first-order valence-corrected chi connectivity index (χ1v) is 8.00. The van der Waals surface area contributed by atoms with Crippen molar-refractivity contribution in [2.24, 2.45) is 0 Å². The van der Waals surface area contributed by atoms with Crippen molar-refractivity contribution in [2.45, 2.75) is 26.4 Å². The average Bonchev–Trinajstić information content (AvgIpc) is 2.89. The predicted molar refractivity (Wildman–Crippen MR) is 93.3 cm³/mol. The third-order valence-corrected chi connectivity index (χ3v) is 3.57. The quantitative estimate of drug-likeness (QED) is 0.669. The Morgan fingerprint density at radius 1 is 1.26 bits per heavy atom. The van der Waals surface area contributed by atoms with E-state index < -0.39 is 0 Å². The van der Waals surface area contributed by atoms with Crippen LogP contribution in [0.5, 0.6) is 5.88 Å². The molecule has 0 aliphatic rings. The first kappa shape index (κ1) is 15.6. The molecule has 0 radical (unpaired) electrons. The minimum Gasteiger partial charge on any atom is -0.475 e. The molecule has 0 amide bonds. The number of fused-ring (bicyclic) bond motifs is 1. The zero-order chi connectivity index (χ0) is 16.2. The van der Waals surface area contributed by atoms with Crippen LogP contribution in [0, 0.1) is 0 Å². The second kappa shape index (κ2) is 6.87. The number of rotatable bonds is 6. The zero-order valence-corrected chi connectivity index (χ0v) is 13.9. The van der Waals surface area contributed by atoms with E-state index in [0.29, 0.717) is 23.5 Å². The van der Waals surface area contributed by atoms with E-state index in [9.17, 15) is 0 Å². The molecule has 120 valence electrons. The maximum atomic E-state index is 6.01. The summed E-state index contributed by atoms with van der Waals surface area (Å²) in [6.07, 6.45) is 2.94. The summed E-state index contributed by atoms with van der Waals surface area (Å²) in [5.41, 5.74) is 2.41. The molecule has 3 rings (SSSR count). The highest BCUT2D eigenvalue weighted by Crippen LogP contribution is 2.19. The van der Waals surface area contributed by atoms with Crippen LogP contribution in [0.4, 0.5) is 5.95 Å². The van der Waals surface area contributed by atoms with E-state index in [1.165, 1.54) is 10.9 Å². The molecular formula is C17H19ClN4O. The fourth-order valence-electron chi connectivity index (χ4n) is 2.43. The highest BCUT2D eigenvalue weighted by molar-refractivity contribution is 6.29. The smallest absolute Gasteiger partial charge is 0.227 e. The van der Waals surface area contributed by atoms with Crippen molar-refractivity contribution in [3.8, 4) is 5.88 Å². The predicted octanol–water partition coefficient (Wildman–Crippen LogP) is 4.05. The molecule has 0 bridgehead atoms. The molecule has 2 aromatic heterocycles. The lowest BCUT2D eigenvalue weighted by molar-refractivity contribution is 0.232. The molecule has 0 aliphatic carbocycles. The molecular weight excluding hydrogens is 312 g/mol. The summed E-state index contributed by atoms with van der Waals surface area (Å²) < 4.78 is 5.56. The van der Waals surface area contributed by atoms with Crippen molar-refractivity contribution in [1.82, 2.24) is 15.0 Å². The number of nitrogens with zero attached hydrogens (tertiary/aromatic N) is 2. The second-order valence-electron chi connectivity index (χ2n) is 5.56. The molecule has 5 nitrogen and oxygen atoms in total. The largest absolute Gasteiger partial charge is 0.475 e. The third kappa shape index (κ3) is 3.93. The van der Waals surface area contributed by atoms with Gasteiger partial charge < -0.3 is 15.0 Å². The van der Waals surface area contributed by atoms with E-state index in [2.05, 4.69) is 32.4 Å². The summed E-state index contributed by atoms with van der Waals surface area (Å²) >= 11 is 6.01. The molecule has 6 heteroatoms. The Morgan fingerprint density at radius 2 is 2.09 bits per heavy atom. The van der Waals surface area contributed by atoms with E-state index in [1.54, 1.807) is 6.07 Å². The average molecular weight is 331 g/mol. The van der Waals surface area contributed by atoms with Gasteiger partial charge in [-0.15, -0.1) is 0 Å². The first-order chi connectivity index (χ1) is 11.1. The molecule has 3 aromatic rings. The maximum absolute atomic E-state index is 6.01. The van der Waals surface area contributed by atoms with Gasteiger partial charge in [0.15, 0.2) is 0 Å². The molecule has 0 fully saturated rings. The molecule has 0 saturated heterocycles. The van der Waals surface area contributed by atoms with Crippen molar-refractivity contribution in [2.75, 3.05) is 11.9 Å². The van der Waals surface area contributed by atoms with Gasteiger partial charge in [-0.2, -0.15) is 4.98 Å². The molecule has 0 spiro atoms. The molecule has 1 aromatic carbocycles. The van der Waals surface area contributed by atoms with Crippen LogP contribution in [0.2, 0.25) is 5.15 Å². The lowest BCUT2D eigenvalue weighted by atomic mass is 10.1. The zero-order valence-electron chi connectivity index (χ0n) is 13.1. The van der Waals surface area contributed by atoms with Crippen LogP contribution in [0.3, 0.4) is 0 Å². The topological polar surface area (TPSA) is 62.8 Å². The third-order valence-electron chi connectivity index (χ3n) is 3.38. The minimum absolute atomic E-state index is 0.0417. The number of anilines is 1. The standard InChI is InChI=1S/C17H19ClN4O/c1-11(2)23-16-9-15(18)21-17(22-16)19-8-7-12-10-20-14-6-4-3-5-13(12)14/h3-6,9-11,20H,7-8H2,1-2H3,(H,19,21,22). The molecule has 2 heterocycles. The number of hydrogen-bond acceptors (Lipinski definition) is 4. The summed E-state index contributed by atoms with van der Waals surface area (Å²) in [6.45, 7) is 4.60. The number of aromatic nitrogens is 3. The number of hydrogen-bond donors (Lipinski definition) is 2. The molecule has 0 saturated carbocycles. The lowest BCUT2D eigenvalue weighted by Gasteiger charge is -2.10. The molecule has 0 aliphatic heterocycles. The van der Waals surface area contributed by atoms with Crippen molar-refractivity contribution >= 4 is 28.5 Å². The number of para-hydroxylation sites is 1. The van der Waals surface area contributed by atoms with Gasteiger partial charge in [-0.05, 0) is 31.9 Å². The number of benzene rings is 1. The van der Waals surface area contributed by atoms with Gasteiger partial charge in [-0.1, -0.05) is 29.8 Å². The lowest BCUT2D eigenvalue weighted by Crippen LogP contribution is -2.11. The van der Waals surface area contributed by atoms with E-state index in [-0.39, 0.29) is 6.10 Å². The van der Waals surface area contributed by atoms with Gasteiger partial charge in [-0.25, -0.2) is 4.98 Å². The fourth-order valence-corrected chi connectivity index (χ4v) is 2.60. The van der Waals surface area contributed by atoms with Crippen molar-refractivity contribution in [1.29, 1.82) is 0 Å². The van der Waals surface area contributed by atoms with E-state index in [1.807, 2.05) is 32.2 Å². The Hall–Kier alpha value is -2.27. The SMILES string of the molecule is CC(C)Oc1cc(Cl)nc(NCCc2c[nH]c3ccccc23)n1. The Kier molecular flexibility index (Phi) is 4.67. The van der Waals surface area contributed by atoms with Crippen molar-refractivity contribution in [3.63, 3.8) is 0 Å². The van der Waals surface area contributed by atoms with Crippen LogP contribution in [0.25, 0.3) is 10.9 Å². The summed E-state index contributed by atoms with van der Waals surface area (Å²) in [4.78, 5) is 11.8. The number of halogens is 1. The highest BCUT2D eigenvalue weighted by Gasteiger charge is 2.07. The Bertz CT molecular complexity index is 800. The number of ether oxygens (including phenoxy) is 1. The summed E-state index contributed by atoms with van der Waals surface area (Å²) in [7, 11) is 0. The van der Waals surface area contributed by atoms with Crippen LogP contribution in [-0.4, -0.2) is 27.6 Å². The van der Waals surface area contributed by atoms with Gasteiger partial charge in [0.25, 0.3) is 0 Å². The first-order valence-electron chi connectivity index (χ1n) is 7.62. The van der Waals surface area contributed by atoms with E-state index in [0.717, 1.165) is 11.9 Å². The van der Waals surface area contributed by atoms with Crippen LogP contribution in [0.15, 0.2) is 36.5 Å². The van der Waals surface area contributed by atoms with Crippen LogP contribution < -0.4 is 10.1 Å². The molecule has 0 atom stereocenters. The van der Waals surface area contributed by atoms with Crippen LogP contribution in [0.1, 0.15) is 19.4 Å². The van der Waals surface area contributed by atoms with E-state index in [4.69, 9.17) is 16.3 Å². The summed E-state index contributed by atoms with van der Waals surface area (Å²) in [5.74, 6) is 0.961. The second-order valence-corrected chi connectivity index (χ2v) is 5.94. The van der Waals surface area contributed by atoms with Gasteiger partial charge in [0.2, 0.25) is 11.8 Å². The van der Waals surface area contributed by atoms with E-state index >= 15 is 0 Å². The van der Waals surface area contributed by atoms with Crippen LogP contribution in [-0.2, 0) is 6.42 Å². The number of aromatic amines is 1. The fraction of sp³-hybridized carbons (Fsp3) is 0.294. The molecule has 2 N–H and O–H groups in total. The van der Waals surface area contributed by atoms with Crippen molar-refractivity contribution in [3.05, 3.63) is 47.2 Å². The summed E-state index contributed by atoms with van der Waals surface area (Å²) in [5, 5.41) is 4.81. The molecule has 0 unspecified atom stereocenters. The Labute approximate surface area is 140 Å². The highest BCUT2D eigenvalue weighted by atomic mass is 35.5. The van der Waals surface area contributed by atoms with Gasteiger partial charge in [-0.3, -0.25) is 0 Å². The summed E-state index contributed by atoms with van der Waals surface area (Å²) in [6, 6.07) is 9.87. The monoisotopic (exact) mass is 330 g/mol. The van der Waals surface area contributed by atoms with Gasteiger partial charge in [0.05, 0.1) is 6.10 Å². The van der Waals surface area contributed by atoms with Gasteiger partial charge >= 0.3 is 0 Å². The van der Waals surface area contributed by atoms with Gasteiger partial charge in [0.1, 0.15) is 5.15 Å². The number of nitrogens with one attached hydrogen (secondary N) is 2.